The Morgan fingerprint density at radius 1 is 1.67 bits per heavy atom. The van der Waals surface area contributed by atoms with E-state index in [4.69, 9.17) is 16.9 Å². The van der Waals surface area contributed by atoms with Crippen molar-refractivity contribution in [2.45, 2.75) is 30.8 Å². The van der Waals surface area contributed by atoms with Crippen molar-refractivity contribution in [3.05, 3.63) is 22.4 Å². The van der Waals surface area contributed by atoms with Gasteiger partial charge in [0.2, 0.25) is 0 Å². The van der Waals surface area contributed by atoms with Crippen LogP contribution in [0.1, 0.15) is 17.7 Å². The van der Waals surface area contributed by atoms with Crippen molar-refractivity contribution in [3.8, 4) is 6.07 Å². The maximum Gasteiger partial charge on any atom is 0.133 e. The predicted molar refractivity (Wildman–Crippen MR) is 63.0 cm³/mol. The van der Waals surface area contributed by atoms with Gasteiger partial charge in [-0.2, -0.15) is 5.26 Å². The Balaban J connectivity index is 1.92. The zero-order valence-corrected chi connectivity index (χ0v) is 9.97. The summed E-state index contributed by atoms with van der Waals surface area (Å²) >= 11 is 7.64. The number of nitriles is 1. The fourth-order valence-corrected chi connectivity index (χ4v) is 2.54. The Hall–Kier alpha value is -0.560. The van der Waals surface area contributed by atoms with Crippen molar-refractivity contribution in [2.24, 2.45) is 0 Å². The molecule has 1 fully saturated rings. The molecule has 0 bridgehead atoms. The second-order valence-corrected chi connectivity index (χ2v) is 5.40. The summed E-state index contributed by atoms with van der Waals surface area (Å²) in [6, 6.07) is 6.94. The molecule has 1 aliphatic rings. The molecule has 1 atom stereocenters. The molecule has 1 unspecified atom stereocenters. The van der Waals surface area contributed by atoms with Crippen LogP contribution in [0, 0.1) is 11.3 Å². The van der Waals surface area contributed by atoms with E-state index in [9.17, 15) is 0 Å². The molecule has 15 heavy (non-hydrogen) atoms. The Kier molecular flexibility index (Phi) is 3.63. The van der Waals surface area contributed by atoms with E-state index in [1.165, 1.54) is 17.7 Å². The Morgan fingerprint density at radius 3 is 3.00 bits per heavy atom. The van der Waals surface area contributed by atoms with Crippen LogP contribution in [0.5, 0.6) is 0 Å². The molecule has 0 aromatic carbocycles. The van der Waals surface area contributed by atoms with Crippen LogP contribution < -0.4 is 0 Å². The standard InChI is InChI=1S/C11H13ClN2S/c12-9(6-13)7-14(10-3-4-10)8-11-2-1-5-15-11/h1-2,5,9-10H,3-4,7-8H2. The van der Waals surface area contributed by atoms with Gasteiger partial charge in [-0.25, -0.2) is 0 Å². The SMILES string of the molecule is N#CC(Cl)CN(Cc1cccs1)C1CC1. The molecule has 2 rings (SSSR count). The average molecular weight is 241 g/mol. The van der Waals surface area contributed by atoms with Gasteiger partial charge in [0.1, 0.15) is 5.38 Å². The molecule has 0 amide bonds. The maximum atomic E-state index is 8.71. The van der Waals surface area contributed by atoms with Gasteiger partial charge in [-0.05, 0) is 24.3 Å². The monoisotopic (exact) mass is 240 g/mol. The van der Waals surface area contributed by atoms with Crippen molar-refractivity contribution < 1.29 is 0 Å². The summed E-state index contributed by atoms with van der Waals surface area (Å²) in [4.78, 5) is 3.68. The van der Waals surface area contributed by atoms with Gasteiger partial charge in [0.15, 0.2) is 0 Å². The van der Waals surface area contributed by atoms with Crippen molar-refractivity contribution in [3.63, 3.8) is 0 Å². The van der Waals surface area contributed by atoms with Crippen molar-refractivity contribution in [1.29, 1.82) is 5.26 Å². The van der Waals surface area contributed by atoms with Crippen molar-refractivity contribution in [1.82, 2.24) is 4.90 Å². The molecule has 0 spiro atoms. The molecule has 1 aliphatic carbocycles. The van der Waals surface area contributed by atoms with Gasteiger partial charge in [-0.15, -0.1) is 22.9 Å². The molecule has 1 aromatic heterocycles. The van der Waals surface area contributed by atoms with Crippen molar-refractivity contribution in [2.75, 3.05) is 6.54 Å². The number of thiophene rings is 1. The van der Waals surface area contributed by atoms with Crippen LogP contribution in [0.15, 0.2) is 17.5 Å². The first-order valence-electron chi connectivity index (χ1n) is 5.09. The minimum Gasteiger partial charge on any atom is -0.293 e. The minimum atomic E-state index is -0.384. The lowest BCUT2D eigenvalue weighted by Crippen LogP contribution is -2.30. The van der Waals surface area contributed by atoms with E-state index in [1.807, 2.05) is 0 Å². The molecule has 0 radical (unpaired) electrons. The molecule has 2 nitrogen and oxygen atoms in total. The topological polar surface area (TPSA) is 27.0 Å². The number of hydrogen-bond donors (Lipinski definition) is 0. The zero-order chi connectivity index (χ0) is 10.7. The highest BCUT2D eigenvalue weighted by atomic mass is 35.5. The van der Waals surface area contributed by atoms with Gasteiger partial charge in [-0.1, -0.05) is 6.07 Å². The Morgan fingerprint density at radius 2 is 2.47 bits per heavy atom. The highest BCUT2D eigenvalue weighted by Gasteiger charge is 2.30. The number of rotatable bonds is 5. The van der Waals surface area contributed by atoms with Gasteiger partial charge >= 0.3 is 0 Å². The van der Waals surface area contributed by atoms with Crippen molar-refractivity contribution >= 4 is 22.9 Å². The molecule has 0 N–H and O–H groups in total. The molecule has 4 heteroatoms. The summed E-state index contributed by atoms with van der Waals surface area (Å²) in [5, 5.41) is 10.4. The zero-order valence-electron chi connectivity index (χ0n) is 8.40. The van der Waals surface area contributed by atoms with E-state index in [0.29, 0.717) is 12.6 Å². The molecular formula is C11H13ClN2S. The average Bonchev–Trinajstić information content (AvgIpc) is 2.97. The largest absolute Gasteiger partial charge is 0.293 e. The summed E-state index contributed by atoms with van der Waals surface area (Å²) in [6.45, 7) is 1.62. The third-order valence-corrected chi connectivity index (χ3v) is 3.63. The summed E-state index contributed by atoms with van der Waals surface area (Å²) in [7, 11) is 0. The van der Waals surface area contributed by atoms with Gasteiger partial charge in [0, 0.05) is 24.0 Å². The third kappa shape index (κ3) is 3.20. The van der Waals surface area contributed by atoms with Crippen LogP contribution in [0.4, 0.5) is 0 Å². The summed E-state index contributed by atoms with van der Waals surface area (Å²) in [5.74, 6) is 0. The van der Waals surface area contributed by atoms with Crippen LogP contribution in [-0.4, -0.2) is 22.9 Å². The Bertz CT molecular complexity index is 340. The van der Waals surface area contributed by atoms with E-state index in [0.717, 1.165) is 6.54 Å². The lowest BCUT2D eigenvalue weighted by molar-refractivity contribution is 0.265. The first-order chi connectivity index (χ1) is 7.29. The summed E-state index contributed by atoms with van der Waals surface area (Å²) < 4.78 is 0. The van der Waals surface area contributed by atoms with Crippen LogP contribution in [0.2, 0.25) is 0 Å². The highest BCUT2D eigenvalue weighted by molar-refractivity contribution is 7.09. The lowest BCUT2D eigenvalue weighted by atomic mass is 10.3. The number of halogens is 1. The fourth-order valence-electron chi connectivity index (χ4n) is 1.63. The second-order valence-electron chi connectivity index (χ2n) is 3.84. The van der Waals surface area contributed by atoms with Crippen LogP contribution in [-0.2, 0) is 6.54 Å². The smallest absolute Gasteiger partial charge is 0.133 e. The number of hydrogen-bond acceptors (Lipinski definition) is 3. The maximum absolute atomic E-state index is 8.71. The first-order valence-corrected chi connectivity index (χ1v) is 6.41. The molecule has 0 aliphatic heterocycles. The minimum absolute atomic E-state index is 0.384. The van der Waals surface area contributed by atoms with Crippen LogP contribution >= 0.6 is 22.9 Å². The molecule has 1 aromatic rings. The molecule has 80 valence electrons. The van der Waals surface area contributed by atoms with E-state index < -0.39 is 0 Å². The quantitative estimate of drug-likeness (QED) is 0.740. The molecule has 1 saturated carbocycles. The van der Waals surface area contributed by atoms with Gasteiger partial charge in [0.25, 0.3) is 0 Å². The summed E-state index contributed by atoms with van der Waals surface area (Å²) in [6.07, 6.45) is 2.50. The Labute approximate surface area is 99.1 Å². The van der Waals surface area contributed by atoms with Gasteiger partial charge < -0.3 is 0 Å². The lowest BCUT2D eigenvalue weighted by Gasteiger charge is -2.21. The second kappa shape index (κ2) is 4.98. The first kappa shape index (κ1) is 10.9. The van der Waals surface area contributed by atoms with Gasteiger partial charge in [0.05, 0.1) is 6.07 Å². The van der Waals surface area contributed by atoms with E-state index >= 15 is 0 Å². The molecular weight excluding hydrogens is 228 g/mol. The third-order valence-electron chi connectivity index (χ3n) is 2.54. The van der Waals surface area contributed by atoms with Crippen LogP contribution in [0.25, 0.3) is 0 Å². The summed E-state index contributed by atoms with van der Waals surface area (Å²) in [5.41, 5.74) is 0. The van der Waals surface area contributed by atoms with Gasteiger partial charge in [-0.3, -0.25) is 4.90 Å². The highest BCUT2D eigenvalue weighted by Crippen LogP contribution is 2.29. The predicted octanol–water partition coefficient (Wildman–Crippen LogP) is 2.84. The number of nitrogens with zero attached hydrogens (tertiary/aromatic N) is 2. The molecule has 0 saturated heterocycles. The van der Waals surface area contributed by atoms with E-state index in [2.05, 4.69) is 28.5 Å². The van der Waals surface area contributed by atoms with E-state index in [-0.39, 0.29) is 5.38 Å². The number of alkyl halides is 1. The normalized spacial score (nSPS) is 17.7. The molecule has 1 heterocycles. The van der Waals surface area contributed by atoms with E-state index in [1.54, 1.807) is 11.3 Å². The fraction of sp³-hybridized carbons (Fsp3) is 0.545. The van der Waals surface area contributed by atoms with Crippen LogP contribution in [0.3, 0.4) is 0 Å².